The van der Waals surface area contributed by atoms with E-state index < -0.39 is 0 Å². The van der Waals surface area contributed by atoms with Crippen LogP contribution in [0.4, 0.5) is 0 Å². The van der Waals surface area contributed by atoms with E-state index in [-0.39, 0.29) is 6.10 Å². The van der Waals surface area contributed by atoms with E-state index in [1.54, 1.807) is 5.57 Å². The molecule has 2 fully saturated rings. The molecule has 5 atom stereocenters. The van der Waals surface area contributed by atoms with Crippen LogP contribution < -0.4 is 0 Å². The van der Waals surface area contributed by atoms with E-state index in [4.69, 9.17) is 9.47 Å². The Bertz CT molecular complexity index is 425. The molecule has 3 rings (SSSR count). The molecule has 0 radical (unpaired) electrons. The summed E-state index contributed by atoms with van der Waals surface area (Å²) < 4.78 is 11.3. The molecule has 0 saturated heterocycles. The second-order valence-electron chi connectivity index (χ2n) is 8.24. The van der Waals surface area contributed by atoms with E-state index in [9.17, 15) is 0 Å². The van der Waals surface area contributed by atoms with Gasteiger partial charge in [-0.15, -0.1) is 0 Å². The van der Waals surface area contributed by atoms with Crippen LogP contribution in [0.3, 0.4) is 0 Å². The number of allylic oxidation sites excluding steroid dienone is 2. The molecule has 3 aliphatic rings. The molecule has 2 bridgehead atoms. The normalized spacial score (nSPS) is 41.8. The van der Waals surface area contributed by atoms with Gasteiger partial charge >= 0.3 is 0 Å². The van der Waals surface area contributed by atoms with Gasteiger partial charge in [0.15, 0.2) is 0 Å². The monoisotopic (exact) mass is 292 g/mol. The van der Waals surface area contributed by atoms with Crippen molar-refractivity contribution in [2.75, 3.05) is 13.4 Å². The summed E-state index contributed by atoms with van der Waals surface area (Å²) in [7, 11) is 0. The van der Waals surface area contributed by atoms with Gasteiger partial charge in [-0.3, -0.25) is 0 Å². The van der Waals surface area contributed by atoms with Crippen LogP contribution >= 0.6 is 0 Å². The van der Waals surface area contributed by atoms with Gasteiger partial charge in [-0.05, 0) is 68.1 Å². The molecular formula is C19H32O2. The molecule has 3 aliphatic carbocycles. The quantitative estimate of drug-likeness (QED) is 0.412. The number of ether oxygens (including phenoxy) is 2. The fourth-order valence-electron chi connectivity index (χ4n) is 5.33. The van der Waals surface area contributed by atoms with E-state index in [1.165, 1.54) is 25.7 Å². The molecule has 0 aromatic carbocycles. The third kappa shape index (κ3) is 2.30. The zero-order chi connectivity index (χ0) is 15.3. The summed E-state index contributed by atoms with van der Waals surface area (Å²) in [6.07, 6.45) is 8.45. The van der Waals surface area contributed by atoms with Gasteiger partial charge in [-0.1, -0.05) is 32.4 Å². The van der Waals surface area contributed by atoms with Crippen molar-refractivity contribution in [3.05, 3.63) is 11.6 Å². The van der Waals surface area contributed by atoms with Gasteiger partial charge in [0.1, 0.15) is 6.79 Å². The first-order valence-electron chi connectivity index (χ1n) is 8.83. The fraction of sp³-hybridized carbons (Fsp3) is 0.895. The van der Waals surface area contributed by atoms with Crippen LogP contribution in [0.1, 0.15) is 60.3 Å². The first-order valence-corrected chi connectivity index (χ1v) is 8.83. The Morgan fingerprint density at radius 3 is 2.76 bits per heavy atom. The Balaban J connectivity index is 1.76. The molecule has 0 heterocycles. The van der Waals surface area contributed by atoms with Gasteiger partial charge in [0.2, 0.25) is 0 Å². The predicted octanol–water partition coefficient (Wildman–Crippen LogP) is 4.79. The number of hydrogen-bond acceptors (Lipinski definition) is 2. The molecule has 3 unspecified atom stereocenters. The summed E-state index contributed by atoms with van der Waals surface area (Å²) in [6, 6.07) is 0. The molecule has 0 N–H and O–H groups in total. The van der Waals surface area contributed by atoms with Crippen molar-refractivity contribution in [3.63, 3.8) is 0 Å². The number of fused-ring (bicyclic) bond motifs is 2. The second kappa shape index (κ2) is 5.38. The molecule has 0 aromatic heterocycles. The Morgan fingerprint density at radius 2 is 2.10 bits per heavy atom. The molecule has 2 heteroatoms. The third-order valence-corrected chi connectivity index (χ3v) is 6.92. The van der Waals surface area contributed by atoms with Crippen LogP contribution in [0.5, 0.6) is 0 Å². The molecule has 21 heavy (non-hydrogen) atoms. The minimum absolute atomic E-state index is 0.288. The summed E-state index contributed by atoms with van der Waals surface area (Å²) in [4.78, 5) is 0. The van der Waals surface area contributed by atoms with Crippen LogP contribution in [-0.4, -0.2) is 19.5 Å². The molecule has 0 amide bonds. The lowest BCUT2D eigenvalue weighted by Crippen LogP contribution is -2.58. The van der Waals surface area contributed by atoms with E-state index in [1.807, 2.05) is 6.92 Å². The zero-order valence-electron chi connectivity index (χ0n) is 14.4. The zero-order valence-corrected chi connectivity index (χ0v) is 14.4. The maximum Gasteiger partial charge on any atom is 0.147 e. The van der Waals surface area contributed by atoms with E-state index in [2.05, 4.69) is 33.8 Å². The average Bonchev–Trinajstić information content (AvgIpc) is 2.41. The molecule has 120 valence electrons. The number of rotatable bonds is 5. The van der Waals surface area contributed by atoms with Gasteiger partial charge < -0.3 is 9.47 Å². The van der Waals surface area contributed by atoms with Crippen LogP contribution in [0.25, 0.3) is 0 Å². The third-order valence-electron chi connectivity index (χ3n) is 6.92. The largest absolute Gasteiger partial charge is 0.356 e. The van der Waals surface area contributed by atoms with Crippen molar-refractivity contribution < 1.29 is 9.47 Å². The molecule has 2 nitrogen and oxygen atoms in total. The van der Waals surface area contributed by atoms with Crippen molar-refractivity contribution in [2.45, 2.75) is 66.4 Å². The average molecular weight is 292 g/mol. The van der Waals surface area contributed by atoms with Gasteiger partial charge in [-0.2, -0.15) is 0 Å². The lowest BCUT2D eigenvalue weighted by Gasteiger charge is -2.67. The van der Waals surface area contributed by atoms with Crippen molar-refractivity contribution in [3.8, 4) is 0 Å². The molecule has 0 aliphatic heterocycles. The van der Waals surface area contributed by atoms with Crippen LogP contribution in [0.15, 0.2) is 11.6 Å². The molecule has 0 aromatic rings. The van der Waals surface area contributed by atoms with Gasteiger partial charge in [0, 0.05) is 6.61 Å². The second-order valence-corrected chi connectivity index (χ2v) is 8.24. The topological polar surface area (TPSA) is 18.5 Å². The first kappa shape index (κ1) is 15.6. The minimum atomic E-state index is 0.288. The number of hydrogen-bond donors (Lipinski definition) is 0. The summed E-state index contributed by atoms with van der Waals surface area (Å²) in [5.74, 6) is 2.18. The summed E-state index contributed by atoms with van der Waals surface area (Å²) >= 11 is 0. The van der Waals surface area contributed by atoms with Gasteiger partial charge in [0.25, 0.3) is 0 Å². The van der Waals surface area contributed by atoms with Crippen molar-refractivity contribution in [2.24, 2.45) is 28.6 Å². The maximum absolute atomic E-state index is 5.95. The Kier molecular flexibility index (Phi) is 3.99. The Hall–Kier alpha value is -0.340. The Morgan fingerprint density at radius 1 is 1.33 bits per heavy atom. The molecule has 1 spiro atoms. The highest BCUT2D eigenvalue weighted by molar-refractivity contribution is 5.36. The summed E-state index contributed by atoms with van der Waals surface area (Å²) in [6.45, 7) is 12.8. The summed E-state index contributed by atoms with van der Waals surface area (Å²) in [5.41, 5.74) is 2.75. The smallest absolute Gasteiger partial charge is 0.147 e. The minimum Gasteiger partial charge on any atom is -0.356 e. The van der Waals surface area contributed by atoms with Crippen LogP contribution in [-0.2, 0) is 9.47 Å². The van der Waals surface area contributed by atoms with Gasteiger partial charge in [0.05, 0.1) is 6.10 Å². The van der Waals surface area contributed by atoms with Crippen LogP contribution in [0, 0.1) is 28.6 Å². The lowest BCUT2D eigenvalue weighted by molar-refractivity contribution is -0.132. The lowest BCUT2D eigenvalue weighted by atomic mass is 9.37. The van der Waals surface area contributed by atoms with Crippen LogP contribution in [0.2, 0.25) is 0 Å². The highest BCUT2D eigenvalue weighted by atomic mass is 16.7. The molecule has 2 saturated carbocycles. The fourth-order valence-corrected chi connectivity index (χ4v) is 5.33. The van der Waals surface area contributed by atoms with E-state index in [0.717, 1.165) is 12.5 Å². The Labute approximate surface area is 130 Å². The van der Waals surface area contributed by atoms with Crippen molar-refractivity contribution >= 4 is 0 Å². The van der Waals surface area contributed by atoms with E-state index in [0.29, 0.717) is 29.5 Å². The predicted molar refractivity (Wildman–Crippen MR) is 85.9 cm³/mol. The highest BCUT2D eigenvalue weighted by Gasteiger charge is 2.62. The van der Waals surface area contributed by atoms with Crippen molar-refractivity contribution in [1.29, 1.82) is 0 Å². The first-order chi connectivity index (χ1) is 9.91. The van der Waals surface area contributed by atoms with Crippen molar-refractivity contribution in [1.82, 2.24) is 0 Å². The van der Waals surface area contributed by atoms with Gasteiger partial charge in [-0.25, -0.2) is 0 Å². The standard InChI is InChI=1S/C19H32O2/c1-6-20-12-21-14(3)16-11-19-10-15(7-8-18(19,4)5)17(19)9-13(16)2/h9,13-16H,6-8,10-12H2,1-5H3/t13?,14?,15-,16?,19-/m0/s1. The summed E-state index contributed by atoms with van der Waals surface area (Å²) in [5, 5.41) is 0. The highest BCUT2D eigenvalue weighted by Crippen LogP contribution is 2.72. The van der Waals surface area contributed by atoms with E-state index >= 15 is 0 Å². The SMILES string of the molecule is CCOCOC(C)C1C[C@]23C[C@H](CCC2(C)C)C3=CC1C. The molecular weight excluding hydrogens is 260 g/mol. The maximum atomic E-state index is 5.95.